The first-order chi connectivity index (χ1) is 9.69. The fourth-order valence-electron chi connectivity index (χ4n) is 1.48. The summed E-state index contributed by atoms with van der Waals surface area (Å²) >= 11 is 0. The van der Waals surface area contributed by atoms with Gasteiger partial charge in [-0.1, -0.05) is 26.0 Å². The first kappa shape index (κ1) is 20.5. The summed E-state index contributed by atoms with van der Waals surface area (Å²) in [6.07, 6.45) is -4.36. The smallest absolute Gasteiger partial charge is 0.422 e. The topological polar surface area (TPSA) is 64.4 Å². The average molecular weight is 341 g/mol. The van der Waals surface area contributed by atoms with Crippen LogP contribution in [0.4, 0.5) is 13.2 Å². The number of ether oxygens (including phenoxy) is 1. The van der Waals surface area contributed by atoms with Gasteiger partial charge in [0, 0.05) is 6.54 Å². The van der Waals surface area contributed by atoms with Crippen LogP contribution in [0.2, 0.25) is 0 Å². The monoisotopic (exact) mass is 340 g/mol. The van der Waals surface area contributed by atoms with E-state index in [9.17, 15) is 18.0 Å². The highest BCUT2D eigenvalue weighted by Crippen LogP contribution is 2.18. The molecule has 0 saturated heterocycles. The van der Waals surface area contributed by atoms with Gasteiger partial charge in [-0.2, -0.15) is 13.2 Å². The standard InChI is InChI=1S/C14H19F3N2O2.ClH/c1-9(2)12(18)13(20)19-7-10-3-5-11(6-4-10)21-8-14(15,16)17;/h3-6,9,12H,7-8,18H2,1-2H3,(H,19,20);1H. The number of carbonyl (C=O) groups excluding carboxylic acids is 1. The summed E-state index contributed by atoms with van der Waals surface area (Å²) in [5.74, 6) is -0.105. The molecule has 1 aromatic carbocycles. The van der Waals surface area contributed by atoms with E-state index >= 15 is 0 Å². The molecule has 8 heteroatoms. The summed E-state index contributed by atoms with van der Waals surface area (Å²) in [4.78, 5) is 11.7. The summed E-state index contributed by atoms with van der Waals surface area (Å²) in [5.41, 5.74) is 6.44. The Hall–Kier alpha value is -1.47. The molecule has 1 unspecified atom stereocenters. The largest absolute Gasteiger partial charge is 0.484 e. The normalized spacial score (nSPS) is 12.5. The second-order valence-corrected chi connectivity index (χ2v) is 5.04. The van der Waals surface area contributed by atoms with Gasteiger partial charge >= 0.3 is 6.18 Å². The highest BCUT2D eigenvalue weighted by Gasteiger charge is 2.28. The summed E-state index contributed by atoms with van der Waals surface area (Å²) < 4.78 is 40.5. The molecule has 1 atom stereocenters. The first-order valence-corrected chi connectivity index (χ1v) is 6.51. The Labute approximate surface area is 133 Å². The van der Waals surface area contributed by atoms with E-state index < -0.39 is 18.8 Å². The van der Waals surface area contributed by atoms with Gasteiger partial charge in [0.15, 0.2) is 6.61 Å². The van der Waals surface area contributed by atoms with Gasteiger partial charge in [0.25, 0.3) is 0 Å². The lowest BCUT2D eigenvalue weighted by Crippen LogP contribution is -2.43. The molecule has 0 aliphatic heterocycles. The molecule has 0 heterocycles. The van der Waals surface area contributed by atoms with Crippen LogP contribution in [-0.2, 0) is 11.3 Å². The molecule has 3 N–H and O–H groups in total. The van der Waals surface area contributed by atoms with E-state index in [0.717, 1.165) is 5.56 Å². The van der Waals surface area contributed by atoms with Gasteiger partial charge in [-0.15, -0.1) is 12.4 Å². The van der Waals surface area contributed by atoms with Crippen LogP contribution in [0, 0.1) is 5.92 Å². The molecule has 0 saturated carbocycles. The number of hydrogen-bond acceptors (Lipinski definition) is 3. The Bertz CT molecular complexity index is 464. The van der Waals surface area contributed by atoms with Crippen molar-refractivity contribution in [2.45, 2.75) is 32.6 Å². The van der Waals surface area contributed by atoms with E-state index in [1.165, 1.54) is 12.1 Å². The van der Waals surface area contributed by atoms with Crippen LogP contribution in [0.5, 0.6) is 5.75 Å². The Morgan fingerprint density at radius 1 is 1.27 bits per heavy atom. The van der Waals surface area contributed by atoms with Crippen molar-refractivity contribution in [2.75, 3.05) is 6.61 Å². The number of hydrogen-bond donors (Lipinski definition) is 2. The molecule has 4 nitrogen and oxygen atoms in total. The van der Waals surface area contributed by atoms with Gasteiger partial charge in [0.2, 0.25) is 5.91 Å². The average Bonchev–Trinajstić information content (AvgIpc) is 2.41. The third kappa shape index (κ3) is 7.51. The number of alkyl halides is 3. The quantitative estimate of drug-likeness (QED) is 0.836. The Balaban J connectivity index is 0.00000441. The fraction of sp³-hybridized carbons (Fsp3) is 0.500. The molecule has 1 rings (SSSR count). The van der Waals surface area contributed by atoms with Crippen molar-refractivity contribution in [3.05, 3.63) is 29.8 Å². The lowest BCUT2D eigenvalue weighted by atomic mass is 10.0. The van der Waals surface area contributed by atoms with E-state index in [1.807, 2.05) is 13.8 Å². The molecule has 1 aromatic rings. The van der Waals surface area contributed by atoms with Crippen molar-refractivity contribution >= 4 is 18.3 Å². The van der Waals surface area contributed by atoms with Crippen molar-refractivity contribution in [3.63, 3.8) is 0 Å². The maximum absolute atomic E-state index is 12.0. The van der Waals surface area contributed by atoms with Crippen LogP contribution in [0.1, 0.15) is 19.4 Å². The van der Waals surface area contributed by atoms with Crippen molar-refractivity contribution in [1.82, 2.24) is 5.32 Å². The zero-order valence-corrected chi connectivity index (χ0v) is 13.1. The Morgan fingerprint density at radius 2 is 1.82 bits per heavy atom. The zero-order valence-electron chi connectivity index (χ0n) is 12.3. The Kier molecular flexibility index (Phi) is 8.26. The lowest BCUT2D eigenvalue weighted by molar-refractivity contribution is -0.153. The fourth-order valence-corrected chi connectivity index (χ4v) is 1.48. The SMILES string of the molecule is CC(C)C(N)C(=O)NCc1ccc(OCC(F)(F)F)cc1.Cl. The van der Waals surface area contributed by atoms with E-state index in [2.05, 4.69) is 10.1 Å². The van der Waals surface area contributed by atoms with Gasteiger partial charge in [0.1, 0.15) is 5.75 Å². The maximum Gasteiger partial charge on any atom is 0.422 e. The summed E-state index contributed by atoms with van der Waals surface area (Å²) in [7, 11) is 0. The predicted molar refractivity (Wildman–Crippen MR) is 79.9 cm³/mol. The van der Waals surface area contributed by atoms with Crippen LogP contribution >= 0.6 is 12.4 Å². The predicted octanol–water partition coefficient (Wildman–Crippen LogP) is 2.65. The van der Waals surface area contributed by atoms with Gasteiger partial charge in [-0.05, 0) is 23.6 Å². The number of nitrogens with two attached hydrogens (primary N) is 1. The maximum atomic E-state index is 12.0. The molecule has 0 bridgehead atoms. The lowest BCUT2D eigenvalue weighted by Gasteiger charge is -2.15. The highest BCUT2D eigenvalue weighted by atomic mass is 35.5. The van der Waals surface area contributed by atoms with Gasteiger partial charge < -0.3 is 15.8 Å². The minimum absolute atomic E-state index is 0. The summed E-state index contributed by atoms with van der Waals surface area (Å²) in [6, 6.07) is 5.45. The number of rotatable bonds is 6. The molecule has 126 valence electrons. The molecule has 0 aliphatic rings. The second kappa shape index (κ2) is 8.85. The van der Waals surface area contributed by atoms with Gasteiger partial charge in [0.05, 0.1) is 6.04 Å². The summed E-state index contributed by atoms with van der Waals surface area (Å²) in [5, 5.41) is 2.67. The van der Waals surface area contributed by atoms with Crippen molar-refractivity contribution in [2.24, 2.45) is 11.7 Å². The number of benzene rings is 1. The zero-order chi connectivity index (χ0) is 16.0. The molecular formula is C14H20ClF3N2O2. The van der Waals surface area contributed by atoms with Crippen LogP contribution in [-0.4, -0.2) is 24.7 Å². The van der Waals surface area contributed by atoms with E-state index in [-0.39, 0.29) is 36.5 Å². The second-order valence-electron chi connectivity index (χ2n) is 5.04. The molecule has 0 aliphatic carbocycles. The minimum atomic E-state index is -4.36. The van der Waals surface area contributed by atoms with E-state index in [4.69, 9.17) is 5.73 Å². The van der Waals surface area contributed by atoms with Crippen molar-refractivity contribution < 1.29 is 22.7 Å². The molecule has 0 aromatic heterocycles. The molecular weight excluding hydrogens is 321 g/mol. The minimum Gasteiger partial charge on any atom is -0.484 e. The van der Waals surface area contributed by atoms with Crippen LogP contribution in [0.15, 0.2) is 24.3 Å². The number of nitrogens with one attached hydrogen (secondary N) is 1. The molecule has 0 spiro atoms. The van der Waals surface area contributed by atoms with Crippen LogP contribution in [0.3, 0.4) is 0 Å². The number of halogens is 4. The Morgan fingerprint density at radius 3 is 2.27 bits per heavy atom. The molecule has 1 amide bonds. The van der Waals surface area contributed by atoms with Crippen LogP contribution in [0.25, 0.3) is 0 Å². The van der Waals surface area contributed by atoms with Crippen molar-refractivity contribution in [3.8, 4) is 5.75 Å². The van der Waals surface area contributed by atoms with Gasteiger partial charge in [-0.3, -0.25) is 4.79 Å². The van der Waals surface area contributed by atoms with Gasteiger partial charge in [-0.25, -0.2) is 0 Å². The molecule has 0 radical (unpaired) electrons. The number of amides is 1. The van der Waals surface area contributed by atoms with E-state index in [1.54, 1.807) is 12.1 Å². The van der Waals surface area contributed by atoms with E-state index in [0.29, 0.717) is 0 Å². The molecule has 22 heavy (non-hydrogen) atoms. The van der Waals surface area contributed by atoms with Crippen molar-refractivity contribution in [1.29, 1.82) is 0 Å². The highest BCUT2D eigenvalue weighted by molar-refractivity contribution is 5.85. The third-order valence-electron chi connectivity index (χ3n) is 2.81. The third-order valence-corrected chi connectivity index (χ3v) is 2.81. The number of carbonyl (C=O) groups is 1. The first-order valence-electron chi connectivity index (χ1n) is 6.51. The summed E-state index contributed by atoms with van der Waals surface area (Å²) in [6.45, 7) is 2.62. The van der Waals surface area contributed by atoms with Crippen LogP contribution < -0.4 is 15.8 Å². The molecule has 0 fully saturated rings.